The Morgan fingerprint density at radius 1 is 1.10 bits per heavy atom. The summed E-state index contributed by atoms with van der Waals surface area (Å²) in [5.74, 6) is 2.00. The fourth-order valence-corrected chi connectivity index (χ4v) is 4.44. The smallest absolute Gasteiger partial charge is 0.239 e. The average molecular weight is 404 g/mol. The van der Waals surface area contributed by atoms with Gasteiger partial charge in [0.2, 0.25) is 5.91 Å². The number of methoxy groups -OCH3 is 2. The lowest BCUT2D eigenvalue weighted by molar-refractivity contribution is -0.121. The summed E-state index contributed by atoms with van der Waals surface area (Å²) in [6, 6.07) is 15.8. The molecule has 1 unspecified atom stereocenters. The van der Waals surface area contributed by atoms with Gasteiger partial charge in [-0.05, 0) is 56.0 Å². The number of fused-ring (bicyclic) bond motifs is 1. The predicted molar refractivity (Wildman–Crippen MR) is 113 cm³/mol. The molecule has 154 valence electrons. The second-order valence-electron chi connectivity index (χ2n) is 8.09. The zero-order valence-electron chi connectivity index (χ0n) is 17.3. The van der Waals surface area contributed by atoms with Gasteiger partial charge in [-0.3, -0.25) is 4.79 Å². The Morgan fingerprint density at radius 3 is 2.60 bits per heavy atom. The Bertz CT molecular complexity index is 1120. The summed E-state index contributed by atoms with van der Waals surface area (Å²) in [4.78, 5) is 15.6. The van der Waals surface area contributed by atoms with Crippen LogP contribution in [0.4, 0.5) is 5.69 Å². The summed E-state index contributed by atoms with van der Waals surface area (Å²) in [5.41, 5.74) is 3.18. The van der Waals surface area contributed by atoms with Crippen LogP contribution in [0.2, 0.25) is 0 Å². The largest absolute Gasteiger partial charge is 0.493 e. The molecule has 6 heteroatoms. The van der Waals surface area contributed by atoms with Gasteiger partial charge in [-0.15, -0.1) is 0 Å². The first kappa shape index (κ1) is 18.7. The number of anilines is 1. The van der Waals surface area contributed by atoms with Gasteiger partial charge in [0.25, 0.3) is 0 Å². The third kappa shape index (κ3) is 2.78. The first-order valence-electron chi connectivity index (χ1n) is 10.2. The second kappa shape index (κ2) is 6.90. The molecule has 1 saturated carbocycles. The Balaban J connectivity index is 1.46. The molecule has 30 heavy (non-hydrogen) atoms. The van der Waals surface area contributed by atoms with Gasteiger partial charge < -0.3 is 18.9 Å². The summed E-state index contributed by atoms with van der Waals surface area (Å²) in [6.45, 7) is 2.10. The van der Waals surface area contributed by atoms with E-state index in [2.05, 4.69) is 18.1 Å². The normalized spacial score (nSPS) is 18.8. The number of rotatable bonds is 5. The number of carbonyl (C=O) groups is 1. The van der Waals surface area contributed by atoms with Crippen LogP contribution in [0, 0.1) is 0 Å². The molecule has 5 rings (SSSR count). The minimum Gasteiger partial charge on any atom is -0.493 e. The zero-order chi connectivity index (χ0) is 20.9. The molecule has 1 aromatic heterocycles. The van der Waals surface area contributed by atoms with E-state index in [0.717, 1.165) is 30.5 Å². The average Bonchev–Trinajstić information content (AvgIpc) is 3.30. The highest BCUT2D eigenvalue weighted by Crippen LogP contribution is 2.51. The number of para-hydroxylation sites is 1. The van der Waals surface area contributed by atoms with E-state index in [9.17, 15) is 4.79 Å². The number of nitrogens with zero attached hydrogens (tertiary/aromatic N) is 2. The van der Waals surface area contributed by atoms with E-state index >= 15 is 0 Å². The van der Waals surface area contributed by atoms with Gasteiger partial charge in [0, 0.05) is 23.4 Å². The Hall–Kier alpha value is -3.28. The standard InChI is InChI=1S/C24H24N2O4/c1-15-12-16-6-4-5-7-18(16)26(15)23(27)24(10-11-24)22-14-20(30-25-22)17-8-9-19(28-2)21(13-17)29-3/h4-9,13-15H,10-12H2,1-3H3. The highest BCUT2D eigenvalue weighted by atomic mass is 16.5. The molecule has 1 aliphatic heterocycles. The van der Waals surface area contributed by atoms with E-state index in [1.165, 1.54) is 5.56 Å². The van der Waals surface area contributed by atoms with Crippen LogP contribution in [-0.2, 0) is 16.6 Å². The van der Waals surface area contributed by atoms with Crippen LogP contribution >= 0.6 is 0 Å². The first-order chi connectivity index (χ1) is 14.6. The van der Waals surface area contributed by atoms with E-state index in [4.69, 9.17) is 14.0 Å². The molecule has 0 N–H and O–H groups in total. The lowest BCUT2D eigenvalue weighted by Crippen LogP contribution is -2.42. The van der Waals surface area contributed by atoms with Crippen molar-refractivity contribution in [2.24, 2.45) is 0 Å². The van der Waals surface area contributed by atoms with Crippen molar-refractivity contribution in [1.82, 2.24) is 5.16 Å². The van der Waals surface area contributed by atoms with Crippen LogP contribution in [0.15, 0.2) is 53.1 Å². The molecule has 2 aromatic carbocycles. The quantitative estimate of drug-likeness (QED) is 0.632. The van der Waals surface area contributed by atoms with Crippen LogP contribution in [0.5, 0.6) is 11.5 Å². The lowest BCUT2D eigenvalue weighted by atomic mass is 9.98. The number of ether oxygens (including phenoxy) is 2. The van der Waals surface area contributed by atoms with Crippen molar-refractivity contribution in [3.05, 3.63) is 59.8 Å². The number of hydrogen-bond donors (Lipinski definition) is 0. The van der Waals surface area contributed by atoms with Crippen molar-refractivity contribution in [3.8, 4) is 22.8 Å². The topological polar surface area (TPSA) is 64.8 Å². The van der Waals surface area contributed by atoms with Gasteiger partial charge in [-0.2, -0.15) is 0 Å². The number of benzene rings is 2. The molecule has 1 aliphatic carbocycles. The Labute approximate surface area is 175 Å². The van der Waals surface area contributed by atoms with Crippen LogP contribution in [-0.4, -0.2) is 31.3 Å². The van der Waals surface area contributed by atoms with Crippen molar-refractivity contribution >= 4 is 11.6 Å². The Morgan fingerprint density at radius 2 is 1.87 bits per heavy atom. The summed E-state index contributed by atoms with van der Waals surface area (Å²) >= 11 is 0. The molecular formula is C24H24N2O4. The molecule has 0 spiro atoms. The molecule has 0 radical (unpaired) electrons. The molecular weight excluding hydrogens is 380 g/mol. The van der Waals surface area contributed by atoms with Crippen molar-refractivity contribution in [2.75, 3.05) is 19.1 Å². The SMILES string of the molecule is COc1ccc(-c2cc(C3(C(=O)N4c5ccccc5CC4C)CC3)no2)cc1OC. The molecule has 2 heterocycles. The van der Waals surface area contributed by atoms with Crippen LogP contribution in [0.25, 0.3) is 11.3 Å². The summed E-state index contributed by atoms with van der Waals surface area (Å²) in [6.07, 6.45) is 2.46. The monoisotopic (exact) mass is 404 g/mol. The van der Waals surface area contributed by atoms with Crippen LogP contribution < -0.4 is 14.4 Å². The van der Waals surface area contributed by atoms with Crippen molar-refractivity contribution in [1.29, 1.82) is 0 Å². The number of aromatic nitrogens is 1. The molecule has 3 aromatic rings. The first-order valence-corrected chi connectivity index (χ1v) is 10.2. The van der Waals surface area contributed by atoms with Crippen LogP contribution in [0.1, 0.15) is 31.0 Å². The molecule has 6 nitrogen and oxygen atoms in total. The second-order valence-corrected chi connectivity index (χ2v) is 8.09. The van der Waals surface area contributed by atoms with E-state index in [1.807, 2.05) is 47.4 Å². The minimum atomic E-state index is -0.593. The van der Waals surface area contributed by atoms with Gasteiger partial charge in [-0.25, -0.2) is 0 Å². The zero-order valence-corrected chi connectivity index (χ0v) is 17.3. The van der Waals surface area contributed by atoms with Gasteiger partial charge in [0.1, 0.15) is 0 Å². The minimum absolute atomic E-state index is 0.118. The fourth-order valence-electron chi connectivity index (χ4n) is 4.44. The summed E-state index contributed by atoms with van der Waals surface area (Å²) in [5, 5.41) is 4.30. The maximum absolute atomic E-state index is 13.6. The maximum atomic E-state index is 13.6. The number of hydrogen-bond acceptors (Lipinski definition) is 5. The van der Waals surface area contributed by atoms with E-state index in [-0.39, 0.29) is 11.9 Å². The lowest BCUT2D eigenvalue weighted by Gasteiger charge is -2.26. The predicted octanol–water partition coefficient (Wildman–Crippen LogP) is 4.37. The fraction of sp³-hybridized carbons (Fsp3) is 0.333. The molecule has 2 aliphatic rings. The molecule has 0 bridgehead atoms. The van der Waals surface area contributed by atoms with E-state index < -0.39 is 5.41 Å². The molecule has 0 saturated heterocycles. The van der Waals surface area contributed by atoms with Crippen molar-refractivity contribution in [2.45, 2.75) is 37.6 Å². The van der Waals surface area contributed by atoms with E-state index in [0.29, 0.717) is 23.0 Å². The van der Waals surface area contributed by atoms with Gasteiger partial charge >= 0.3 is 0 Å². The van der Waals surface area contributed by atoms with E-state index in [1.54, 1.807) is 14.2 Å². The number of carbonyl (C=O) groups excluding carboxylic acids is 1. The summed E-state index contributed by atoms with van der Waals surface area (Å²) in [7, 11) is 3.20. The van der Waals surface area contributed by atoms with Gasteiger partial charge in [0.15, 0.2) is 17.3 Å². The third-order valence-electron chi connectivity index (χ3n) is 6.25. The third-order valence-corrected chi connectivity index (χ3v) is 6.25. The molecule has 1 atom stereocenters. The van der Waals surface area contributed by atoms with Crippen LogP contribution in [0.3, 0.4) is 0 Å². The van der Waals surface area contributed by atoms with Crippen molar-refractivity contribution in [3.63, 3.8) is 0 Å². The highest BCUT2D eigenvalue weighted by Gasteiger charge is 2.57. The molecule has 1 fully saturated rings. The Kier molecular flexibility index (Phi) is 4.31. The highest BCUT2D eigenvalue weighted by molar-refractivity contribution is 6.05. The van der Waals surface area contributed by atoms with Gasteiger partial charge in [0.05, 0.1) is 25.3 Å². The summed E-state index contributed by atoms with van der Waals surface area (Å²) < 4.78 is 16.3. The number of amides is 1. The maximum Gasteiger partial charge on any atom is 0.239 e. The van der Waals surface area contributed by atoms with Crippen molar-refractivity contribution < 1.29 is 18.8 Å². The molecule has 1 amide bonds. The van der Waals surface area contributed by atoms with Gasteiger partial charge in [-0.1, -0.05) is 23.4 Å².